The number of pyridine rings is 1. The molecule has 106 valence electrons. The second-order valence-corrected chi connectivity index (χ2v) is 5.10. The van der Waals surface area contributed by atoms with Crippen LogP contribution in [0.3, 0.4) is 0 Å². The van der Waals surface area contributed by atoms with Crippen molar-refractivity contribution in [2.24, 2.45) is 0 Å². The lowest BCUT2D eigenvalue weighted by atomic mass is 10.0. The van der Waals surface area contributed by atoms with Crippen molar-refractivity contribution in [1.82, 2.24) is 15.0 Å². The van der Waals surface area contributed by atoms with Gasteiger partial charge in [0.25, 0.3) is 0 Å². The van der Waals surface area contributed by atoms with Crippen molar-refractivity contribution < 1.29 is 4.74 Å². The summed E-state index contributed by atoms with van der Waals surface area (Å²) in [6.07, 6.45) is 0. The lowest BCUT2D eigenvalue weighted by Crippen LogP contribution is -2.05. The molecule has 3 aromatic rings. The number of fused-ring (bicyclic) bond motifs is 2. The van der Waals surface area contributed by atoms with Crippen molar-refractivity contribution in [3.05, 3.63) is 47.8 Å². The molecule has 2 N–H and O–H groups in total. The maximum atomic E-state index is 5.43. The largest absolute Gasteiger partial charge is 0.478 e. The Balaban J connectivity index is 1.75. The van der Waals surface area contributed by atoms with Gasteiger partial charge in [-0.1, -0.05) is 18.2 Å². The van der Waals surface area contributed by atoms with Crippen molar-refractivity contribution in [3.63, 3.8) is 0 Å². The van der Waals surface area contributed by atoms with Crippen LogP contribution in [0.25, 0.3) is 11.2 Å². The van der Waals surface area contributed by atoms with E-state index in [4.69, 9.17) is 4.74 Å². The zero-order valence-corrected chi connectivity index (χ0v) is 11.8. The van der Waals surface area contributed by atoms with E-state index in [1.165, 1.54) is 11.3 Å². The highest BCUT2D eigenvalue weighted by Crippen LogP contribution is 2.35. The molecule has 0 saturated carbocycles. The predicted molar refractivity (Wildman–Crippen MR) is 81.8 cm³/mol. The van der Waals surface area contributed by atoms with E-state index in [1.807, 2.05) is 25.1 Å². The average molecular weight is 280 g/mol. The number of aromatic nitrogens is 3. The number of ether oxygens (including phenoxy) is 1. The standard InChI is InChI=1S/C16H16N4O/c1-2-21-14-8-7-13-16(19-14)20-15(18-13)11-9-17-12-6-4-3-5-10(11)12/h3-8,11,17H,2,9H2,1H3,(H,18,19,20). The summed E-state index contributed by atoms with van der Waals surface area (Å²) in [5.74, 6) is 1.81. The van der Waals surface area contributed by atoms with Crippen LogP contribution in [-0.2, 0) is 0 Å². The molecule has 0 amide bonds. The van der Waals surface area contributed by atoms with Crippen LogP contribution in [0.4, 0.5) is 5.69 Å². The van der Waals surface area contributed by atoms with E-state index in [9.17, 15) is 0 Å². The van der Waals surface area contributed by atoms with Crippen LogP contribution in [0.15, 0.2) is 36.4 Å². The number of para-hydroxylation sites is 1. The molecule has 1 aliphatic rings. The van der Waals surface area contributed by atoms with Gasteiger partial charge in [-0.15, -0.1) is 0 Å². The van der Waals surface area contributed by atoms with Crippen molar-refractivity contribution in [3.8, 4) is 5.88 Å². The highest BCUT2D eigenvalue weighted by Gasteiger charge is 2.26. The minimum Gasteiger partial charge on any atom is -0.478 e. The Morgan fingerprint density at radius 3 is 3.00 bits per heavy atom. The van der Waals surface area contributed by atoms with Crippen LogP contribution in [0.1, 0.15) is 24.2 Å². The number of aromatic amines is 1. The first-order valence-electron chi connectivity index (χ1n) is 7.17. The Bertz CT molecular complexity index is 796. The average Bonchev–Trinajstić information content (AvgIpc) is 3.10. The molecule has 1 atom stereocenters. The van der Waals surface area contributed by atoms with Crippen molar-refractivity contribution in [1.29, 1.82) is 0 Å². The number of hydrogen-bond acceptors (Lipinski definition) is 4. The van der Waals surface area contributed by atoms with Crippen molar-refractivity contribution in [2.75, 3.05) is 18.5 Å². The molecule has 3 heterocycles. The van der Waals surface area contributed by atoms with Crippen LogP contribution in [-0.4, -0.2) is 28.1 Å². The number of nitrogens with zero attached hydrogens (tertiary/aromatic N) is 2. The van der Waals surface area contributed by atoms with Gasteiger partial charge in [0.05, 0.1) is 18.0 Å². The fourth-order valence-electron chi connectivity index (χ4n) is 2.81. The Labute approximate surface area is 122 Å². The number of nitrogens with one attached hydrogen (secondary N) is 2. The Morgan fingerprint density at radius 2 is 2.10 bits per heavy atom. The van der Waals surface area contributed by atoms with Gasteiger partial charge in [-0.05, 0) is 24.6 Å². The molecule has 21 heavy (non-hydrogen) atoms. The van der Waals surface area contributed by atoms with E-state index in [0.717, 1.165) is 17.9 Å². The summed E-state index contributed by atoms with van der Waals surface area (Å²) in [7, 11) is 0. The highest BCUT2D eigenvalue weighted by molar-refractivity contribution is 5.72. The quantitative estimate of drug-likeness (QED) is 0.774. The zero-order valence-electron chi connectivity index (χ0n) is 11.8. The Morgan fingerprint density at radius 1 is 1.19 bits per heavy atom. The molecule has 1 unspecified atom stereocenters. The van der Waals surface area contributed by atoms with E-state index < -0.39 is 0 Å². The van der Waals surface area contributed by atoms with Crippen LogP contribution < -0.4 is 10.1 Å². The van der Waals surface area contributed by atoms with Gasteiger partial charge < -0.3 is 15.0 Å². The van der Waals surface area contributed by atoms with E-state index >= 15 is 0 Å². The number of anilines is 1. The van der Waals surface area contributed by atoms with E-state index in [0.29, 0.717) is 18.1 Å². The lowest BCUT2D eigenvalue weighted by Gasteiger charge is -2.05. The summed E-state index contributed by atoms with van der Waals surface area (Å²) in [5.41, 5.74) is 4.12. The molecule has 5 heteroatoms. The highest BCUT2D eigenvalue weighted by atomic mass is 16.5. The van der Waals surface area contributed by atoms with Gasteiger partial charge in [-0.3, -0.25) is 0 Å². The number of H-pyrrole nitrogens is 1. The first-order valence-corrected chi connectivity index (χ1v) is 7.17. The molecule has 0 spiro atoms. The minimum atomic E-state index is 0.242. The van der Waals surface area contributed by atoms with Crippen molar-refractivity contribution >= 4 is 16.9 Å². The van der Waals surface area contributed by atoms with E-state index in [1.54, 1.807) is 0 Å². The molecule has 1 aromatic carbocycles. The van der Waals surface area contributed by atoms with Gasteiger partial charge in [0.15, 0.2) is 5.65 Å². The second kappa shape index (κ2) is 4.77. The predicted octanol–water partition coefficient (Wildman–Crippen LogP) is 2.91. The molecule has 0 radical (unpaired) electrons. The van der Waals surface area contributed by atoms with Gasteiger partial charge in [-0.2, -0.15) is 4.98 Å². The Kier molecular flexibility index (Phi) is 2.77. The molecule has 2 aromatic heterocycles. The summed E-state index contributed by atoms with van der Waals surface area (Å²) in [4.78, 5) is 12.5. The van der Waals surface area contributed by atoms with Crippen LogP contribution in [0.5, 0.6) is 5.88 Å². The molecule has 0 bridgehead atoms. The third-order valence-corrected chi connectivity index (χ3v) is 3.79. The summed E-state index contributed by atoms with van der Waals surface area (Å²) in [6, 6.07) is 12.2. The van der Waals surface area contributed by atoms with Gasteiger partial charge in [-0.25, -0.2) is 4.98 Å². The first-order chi connectivity index (χ1) is 10.3. The van der Waals surface area contributed by atoms with Crippen molar-refractivity contribution in [2.45, 2.75) is 12.8 Å². The number of rotatable bonds is 3. The fraction of sp³-hybridized carbons (Fsp3) is 0.250. The maximum absolute atomic E-state index is 5.43. The SMILES string of the molecule is CCOc1ccc2[nH]c(C3CNc4ccccc43)nc2n1. The Hall–Kier alpha value is -2.56. The van der Waals surface area contributed by atoms with Crippen LogP contribution >= 0.6 is 0 Å². The van der Waals surface area contributed by atoms with Crippen LogP contribution in [0.2, 0.25) is 0 Å². The van der Waals surface area contributed by atoms with Gasteiger partial charge in [0.1, 0.15) is 5.82 Å². The fourth-order valence-corrected chi connectivity index (χ4v) is 2.81. The molecular weight excluding hydrogens is 264 g/mol. The molecular formula is C16H16N4O. The van der Waals surface area contributed by atoms with Crippen LogP contribution in [0, 0.1) is 0 Å². The summed E-state index contributed by atoms with van der Waals surface area (Å²) in [5, 5.41) is 3.42. The van der Waals surface area contributed by atoms with E-state index in [-0.39, 0.29) is 5.92 Å². The third-order valence-electron chi connectivity index (χ3n) is 3.79. The normalized spacial score (nSPS) is 16.7. The first kappa shape index (κ1) is 12.2. The molecule has 5 nitrogen and oxygen atoms in total. The summed E-state index contributed by atoms with van der Waals surface area (Å²) >= 11 is 0. The summed E-state index contributed by atoms with van der Waals surface area (Å²) in [6.45, 7) is 3.41. The monoisotopic (exact) mass is 280 g/mol. The van der Waals surface area contributed by atoms with Gasteiger partial charge >= 0.3 is 0 Å². The third kappa shape index (κ3) is 2.01. The van der Waals surface area contributed by atoms with E-state index in [2.05, 4.69) is 38.5 Å². The number of hydrogen-bond donors (Lipinski definition) is 2. The molecule has 4 rings (SSSR count). The number of imidazole rings is 1. The number of benzene rings is 1. The molecule has 1 aliphatic heterocycles. The summed E-state index contributed by atoms with van der Waals surface area (Å²) < 4.78 is 5.43. The van der Waals surface area contributed by atoms with Gasteiger partial charge in [0.2, 0.25) is 5.88 Å². The second-order valence-electron chi connectivity index (χ2n) is 5.10. The minimum absolute atomic E-state index is 0.242. The van der Waals surface area contributed by atoms with Gasteiger partial charge in [0, 0.05) is 18.3 Å². The molecule has 0 aliphatic carbocycles. The maximum Gasteiger partial charge on any atom is 0.215 e. The zero-order chi connectivity index (χ0) is 14.2. The smallest absolute Gasteiger partial charge is 0.215 e. The lowest BCUT2D eigenvalue weighted by molar-refractivity contribution is 0.328. The topological polar surface area (TPSA) is 62.8 Å². The molecule has 0 saturated heterocycles. The molecule has 0 fully saturated rings.